The zero-order valence-corrected chi connectivity index (χ0v) is 10.7. The molecule has 1 N–H and O–H groups in total. The number of carbonyl (C=O) groups excluding carboxylic acids is 1. The maximum absolute atomic E-state index is 11.5. The summed E-state index contributed by atoms with van der Waals surface area (Å²) in [6, 6.07) is 0. The molecular formula is C12H18O6. The van der Waals surface area contributed by atoms with Gasteiger partial charge in [0.1, 0.15) is 12.2 Å². The highest BCUT2D eigenvalue weighted by Crippen LogP contribution is 2.52. The number of carbonyl (C=O) groups is 1. The van der Waals surface area contributed by atoms with Crippen molar-refractivity contribution in [2.24, 2.45) is 11.8 Å². The van der Waals surface area contributed by atoms with Crippen LogP contribution in [0.2, 0.25) is 0 Å². The molecule has 3 fully saturated rings. The van der Waals surface area contributed by atoms with Crippen molar-refractivity contribution in [3.05, 3.63) is 0 Å². The highest BCUT2D eigenvalue weighted by molar-refractivity contribution is 5.77. The molecule has 2 saturated heterocycles. The molecule has 0 aromatic rings. The molecule has 6 nitrogen and oxygen atoms in total. The third kappa shape index (κ3) is 1.75. The summed E-state index contributed by atoms with van der Waals surface area (Å²) < 4.78 is 21.7. The fourth-order valence-corrected chi connectivity index (χ4v) is 2.96. The standard InChI is InChI=1S/C12H18O6/c1-12(2)16-4-5-9(18-12)8(13)6-7(10(6)17-5)11(14)15-3/h5-10,13H,4H2,1-3H3/t5?,6?,7-,8+,9?,10?/m0/s1. The van der Waals surface area contributed by atoms with Gasteiger partial charge >= 0.3 is 5.97 Å². The fourth-order valence-electron chi connectivity index (χ4n) is 2.96. The minimum atomic E-state index is -0.728. The van der Waals surface area contributed by atoms with Crippen molar-refractivity contribution in [1.82, 2.24) is 0 Å². The molecule has 0 bridgehead atoms. The number of ether oxygens (including phenoxy) is 4. The number of hydrogen-bond donors (Lipinski definition) is 1. The van der Waals surface area contributed by atoms with E-state index in [-0.39, 0.29) is 30.0 Å². The van der Waals surface area contributed by atoms with Gasteiger partial charge in [0.15, 0.2) is 5.79 Å². The minimum absolute atomic E-state index is 0.215. The highest BCUT2D eigenvalue weighted by Gasteiger charge is 2.67. The smallest absolute Gasteiger partial charge is 0.311 e. The molecule has 1 aliphatic carbocycles. The largest absolute Gasteiger partial charge is 0.469 e. The van der Waals surface area contributed by atoms with Gasteiger partial charge in [0.25, 0.3) is 0 Å². The van der Waals surface area contributed by atoms with Crippen LogP contribution in [0.4, 0.5) is 0 Å². The van der Waals surface area contributed by atoms with Crippen molar-refractivity contribution < 1.29 is 28.8 Å². The van der Waals surface area contributed by atoms with Crippen molar-refractivity contribution in [3.63, 3.8) is 0 Å². The molecule has 6 atom stereocenters. The van der Waals surface area contributed by atoms with Crippen molar-refractivity contribution in [2.75, 3.05) is 13.7 Å². The van der Waals surface area contributed by atoms with Crippen LogP contribution in [0.3, 0.4) is 0 Å². The highest BCUT2D eigenvalue weighted by atomic mass is 16.7. The SMILES string of the molecule is COC(=O)[C@@H]1C2OC3COC(C)(C)OC3[C@H](O)C21. The quantitative estimate of drug-likeness (QED) is 0.650. The Bertz CT molecular complexity index is 368. The molecule has 0 amide bonds. The molecule has 2 heterocycles. The summed E-state index contributed by atoms with van der Waals surface area (Å²) >= 11 is 0. The Morgan fingerprint density at radius 3 is 2.78 bits per heavy atom. The van der Waals surface area contributed by atoms with Gasteiger partial charge in [-0.25, -0.2) is 0 Å². The van der Waals surface area contributed by atoms with Crippen molar-refractivity contribution in [2.45, 2.75) is 44.1 Å². The van der Waals surface area contributed by atoms with Gasteiger partial charge in [0.05, 0.1) is 31.8 Å². The van der Waals surface area contributed by atoms with Crippen molar-refractivity contribution >= 4 is 5.97 Å². The van der Waals surface area contributed by atoms with E-state index in [1.54, 1.807) is 13.8 Å². The molecule has 2 aliphatic heterocycles. The van der Waals surface area contributed by atoms with Crippen LogP contribution >= 0.6 is 0 Å². The Morgan fingerprint density at radius 2 is 2.11 bits per heavy atom. The Hall–Kier alpha value is -0.690. The molecule has 3 rings (SSSR count). The van der Waals surface area contributed by atoms with Gasteiger partial charge in [-0.15, -0.1) is 0 Å². The lowest BCUT2D eigenvalue weighted by atomic mass is 9.99. The second-order valence-electron chi connectivity index (χ2n) is 5.55. The summed E-state index contributed by atoms with van der Waals surface area (Å²) in [5.74, 6) is -1.65. The average molecular weight is 258 g/mol. The number of esters is 1. The molecule has 0 aromatic carbocycles. The first-order valence-corrected chi connectivity index (χ1v) is 6.18. The van der Waals surface area contributed by atoms with E-state index < -0.39 is 18.0 Å². The van der Waals surface area contributed by atoms with Gasteiger partial charge in [-0.3, -0.25) is 4.79 Å². The maximum atomic E-state index is 11.5. The first kappa shape index (κ1) is 12.3. The monoisotopic (exact) mass is 258 g/mol. The van der Waals surface area contributed by atoms with Crippen LogP contribution in [0, 0.1) is 11.8 Å². The van der Waals surface area contributed by atoms with E-state index in [1.807, 2.05) is 0 Å². The Morgan fingerprint density at radius 1 is 1.39 bits per heavy atom. The summed E-state index contributed by atoms with van der Waals surface area (Å²) in [6.45, 7) is 3.96. The summed E-state index contributed by atoms with van der Waals surface area (Å²) in [5.41, 5.74) is 0. The van der Waals surface area contributed by atoms with Crippen LogP contribution in [-0.4, -0.2) is 55.0 Å². The molecule has 0 aromatic heterocycles. The molecule has 4 unspecified atom stereocenters. The number of aliphatic hydroxyl groups excluding tert-OH is 1. The topological polar surface area (TPSA) is 74.2 Å². The predicted molar refractivity (Wildman–Crippen MR) is 58.6 cm³/mol. The number of aliphatic hydroxyl groups is 1. The van der Waals surface area contributed by atoms with Crippen LogP contribution in [0.15, 0.2) is 0 Å². The van der Waals surface area contributed by atoms with Crippen LogP contribution in [0.1, 0.15) is 13.8 Å². The zero-order valence-electron chi connectivity index (χ0n) is 10.7. The van der Waals surface area contributed by atoms with Gasteiger partial charge in [0.2, 0.25) is 0 Å². The lowest BCUT2D eigenvalue weighted by molar-refractivity contribution is -0.337. The van der Waals surface area contributed by atoms with Crippen molar-refractivity contribution in [3.8, 4) is 0 Å². The molecule has 0 radical (unpaired) electrons. The average Bonchev–Trinajstić information content (AvgIpc) is 3.03. The number of hydrogen-bond acceptors (Lipinski definition) is 6. The second-order valence-corrected chi connectivity index (χ2v) is 5.55. The molecule has 18 heavy (non-hydrogen) atoms. The van der Waals surface area contributed by atoms with Gasteiger partial charge in [-0.2, -0.15) is 0 Å². The first-order chi connectivity index (χ1) is 8.44. The van der Waals surface area contributed by atoms with Gasteiger partial charge in [-0.05, 0) is 13.8 Å². The lowest BCUT2D eigenvalue weighted by Gasteiger charge is -2.44. The number of methoxy groups -OCH3 is 1. The Labute approximate surface area is 105 Å². The van der Waals surface area contributed by atoms with E-state index >= 15 is 0 Å². The van der Waals surface area contributed by atoms with Crippen LogP contribution < -0.4 is 0 Å². The molecule has 0 spiro atoms. The van der Waals surface area contributed by atoms with Crippen LogP contribution in [0.5, 0.6) is 0 Å². The number of fused-ring (bicyclic) bond motifs is 2. The Kier molecular flexibility index (Phi) is 2.68. The first-order valence-electron chi connectivity index (χ1n) is 6.18. The van der Waals surface area contributed by atoms with Gasteiger partial charge in [0, 0.05) is 5.92 Å². The van der Waals surface area contributed by atoms with Crippen molar-refractivity contribution in [1.29, 1.82) is 0 Å². The number of rotatable bonds is 1. The predicted octanol–water partition coefficient (Wildman–Crippen LogP) is -0.315. The zero-order chi connectivity index (χ0) is 13.1. The maximum Gasteiger partial charge on any atom is 0.311 e. The van der Waals surface area contributed by atoms with E-state index in [0.717, 1.165) is 0 Å². The van der Waals surface area contributed by atoms with E-state index in [9.17, 15) is 9.90 Å². The lowest BCUT2D eigenvalue weighted by Crippen LogP contribution is -2.57. The molecule has 6 heteroatoms. The third-order valence-corrected chi connectivity index (χ3v) is 3.92. The summed E-state index contributed by atoms with van der Waals surface area (Å²) in [4.78, 5) is 11.5. The van der Waals surface area contributed by atoms with Crippen LogP contribution in [0.25, 0.3) is 0 Å². The third-order valence-electron chi connectivity index (χ3n) is 3.92. The fraction of sp³-hybridized carbons (Fsp3) is 0.917. The van der Waals surface area contributed by atoms with Gasteiger partial charge in [-0.1, -0.05) is 0 Å². The van der Waals surface area contributed by atoms with E-state index in [0.29, 0.717) is 6.61 Å². The van der Waals surface area contributed by atoms with E-state index in [4.69, 9.17) is 18.9 Å². The minimum Gasteiger partial charge on any atom is -0.469 e. The summed E-state index contributed by atoms with van der Waals surface area (Å²) in [6.07, 6.45) is -1.73. The molecular weight excluding hydrogens is 240 g/mol. The summed E-state index contributed by atoms with van der Waals surface area (Å²) in [5, 5.41) is 10.3. The van der Waals surface area contributed by atoms with E-state index in [2.05, 4.69) is 0 Å². The van der Waals surface area contributed by atoms with Gasteiger partial charge < -0.3 is 24.1 Å². The molecule has 102 valence electrons. The normalized spacial score (nSPS) is 48.9. The second kappa shape index (κ2) is 3.90. The summed E-state index contributed by atoms with van der Waals surface area (Å²) in [7, 11) is 1.34. The Balaban J connectivity index is 1.75. The van der Waals surface area contributed by atoms with E-state index in [1.165, 1.54) is 7.11 Å². The molecule has 1 saturated carbocycles. The van der Waals surface area contributed by atoms with Crippen LogP contribution in [-0.2, 0) is 23.7 Å². The molecule has 3 aliphatic rings.